The average Bonchev–Trinajstić information content (AvgIpc) is 2.99. The van der Waals surface area contributed by atoms with Crippen molar-refractivity contribution in [1.82, 2.24) is 0 Å². The number of hydrogen-bond donors (Lipinski definition) is 0. The zero-order valence-electron chi connectivity index (χ0n) is 17.1. The fraction of sp³-hybridized carbons (Fsp3) is 0.154. The molecule has 0 N–H and O–H groups in total. The van der Waals surface area contributed by atoms with Crippen LogP contribution in [-0.2, 0) is 6.16 Å². The van der Waals surface area contributed by atoms with Gasteiger partial charge in [0.1, 0.15) is 40.9 Å². The quantitative estimate of drug-likeness (QED) is 0.414. The van der Waals surface area contributed by atoms with E-state index in [0.717, 1.165) is 17.7 Å². The lowest BCUT2D eigenvalue weighted by molar-refractivity contribution is -0.00000634. The number of benzene rings is 3. The number of aryl methyl sites for hydroxylation is 2. The Hall–Kier alpha value is -2.15. The monoisotopic (exact) mass is 464 g/mol. The summed E-state index contributed by atoms with van der Waals surface area (Å²) in [6, 6.07) is 33.1. The van der Waals surface area contributed by atoms with Gasteiger partial charge in [0, 0.05) is 5.56 Å². The van der Waals surface area contributed by atoms with Gasteiger partial charge in [0.2, 0.25) is 0 Å². The summed E-state index contributed by atoms with van der Waals surface area (Å²) in [5.74, 6) is 2.07. The molecule has 3 aromatic carbocycles. The normalized spacial score (nSPS) is 11.1. The molecule has 0 atom stereocenters. The Morgan fingerprint density at radius 2 is 0.966 bits per heavy atom. The highest BCUT2D eigenvalue weighted by atomic mass is 79.9. The van der Waals surface area contributed by atoms with Crippen LogP contribution in [0.2, 0.25) is 0 Å². The van der Waals surface area contributed by atoms with Crippen LogP contribution < -0.4 is 32.9 Å². The minimum Gasteiger partial charge on any atom is -1.00 e. The van der Waals surface area contributed by atoms with Crippen molar-refractivity contribution in [2.45, 2.75) is 26.9 Å². The van der Waals surface area contributed by atoms with Crippen LogP contribution in [0.3, 0.4) is 0 Å². The summed E-state index contributed by atoms with van der Waals surface area (Å²) in [5, 5.41) is 4.22. The summed E-state index contributed by atoms with van der Waals surface area (Å²) in [6.45, 7) is 6.36. The SMILES string of the molecule is Cc1oc(C)c(C[P+](c2ccccc2)(c2ccccc2)c2ccccc2)c1C.[Br-]. The first-order chi connectivity index (χ1) is 13.6. The van der Waals surface area contributed by atoms with E-state index in [1.54, 1.807) is 0 Å². The van der Waals surface area contributed by atoms with Gasteiger partial charge in [-0.15, -0.1) is 0 Å². The van der Waals surface area contributed by atoms with Gasteiger partial charge in [0.25, 0.3) is 0 Å². The number of rotatable bonds is 5. The van der Waals surface area contributed by atoms with Crippen LogP contribution in [0.25, 0.3) is 0 Å². The molecule has 0 radical (unpaired) electrons. The second kappa shape index (κ2) is 9.11. The first-order valence-electron chi connectivity index (χ1n) is 9.73. The van der Waals surface area contributed by atoms with Gasteiger partial charge in [0.15, 0.2) is 0 Å². The van der Waals surface area contributed by atoms with Gasteiger partial charge in [-0.3, -0.25) is 0 Å². The molecule has 0 saturated heterocycles. The van der Waals surface area contributed by atoms with Crippen LogP contribution >= 0.6 is 7.26 Å². The average molecular weight is 465 g/mol. The Labute approximate surface area is 184 Å². The summed E-state index contributed by atoms with van der Waals surface area (Å²) in [7, 11) is -1.88. The van der Waals surface area contributed by atoms with E-state index in [1.807, 2.05) is 0 Å². The van der Waals surface area contributed by atoms with Gasteiger partial charge in [0.05, 0.1) is 0 Å². The molecule has 148 valence electrons. The van der Waals surface area contributed by atoms with Crippen LogP contribution in [-0.4, -0.2) is 0 Å². The van der Waals surface area contributed by atoms with Crippen LogP contribution in [0.4, 0.5) is 0 Å². The van der Waals surface area contributed by atoms with E-state index >= 15 is 0 Å². The molecule has 3 heteroatoms. The zero-order valence-corrected chi connectivity index (χ0v) is 19.6. The van der Waals surface area contributed by atoms with Crippen molar-refractivity contribution in [2.24, 2.45) is 0 Å². The Bertz CT molecular complexity index is 959. The second-order valence-electron chi connectivity index (χ2n) is 7.29. The van der Waals surface area contributed by atoms with Gasteiger partial charge >= 0.3 is 0 Å². The molecule has 1 nitrogen and oxygen atoms in total. The second-order valence-corrected chi connectivity index (χ2v) is 10.8. The lowest BCUT2D eigenvalue weighted by atomic mass is 10.1. The van der Waals surface area contributed by atoms with Gasteiger partial charge in [-0.25, -0.2) is 0 Å². The van der Waals surface area contributed by atoms with Crippen LogP contribution in [0.1, 0.15) is 22.6 Å². The molecule has 4 aromatic rings. The number of furan rings is 1. The molecule has 0 aliphatic rings. The molecule has 4 rings (SSSR count). The van der Waals surface area contributed by atoms with E-state index in [-0.39, 0.29) is 17.0 Å². The molecule has 0 bridgehead atoms. The maximum absolute atomic E-state index is 6.02. The van der Waals surface area contributed by atoms with Crippen LogP contribution in [0, 0.1) is 20.8 Å². The number of halogens is 1. The van der Waals surface area contributed by atoms with E-state index in [1.165, 1.54) is 27.0 Å². The molecule has 1 heterocycles. The summed E-state index contributed by atoms with van der Waals surface area (Å²) >= 11 is 0. The molecule has 0 aliphatic carbocycles. The summed E-state index contributed by atoms with van der Waals surface area (Å²) < 4.78 is 6.02. The van der Waals surface area contributed by atoms with Gasteiger partial charge in [-0.1, -0.05) is 54.6 Å². The standard InChI is InChI=1S/C26H26OP.BrH/c1-20-21(2)27-22(3)26(20)19-28(23-13-7-4-8-14-23,24-15-9-5-10-16-24)25-17-11-6-12-18-25;/h4-18H,19H2,1-3H3;1H/q+1;/p-1. The molecular formula is C26H26BrOP. The van der Waals surface area contributed by atoms with Gasteiger partial charge in [-0.05, 0) is 62.7 Å². The Balaban J connectivity index is 0.00000240. The molecule has 0 spiro atoms. The predicted octanol–water partition coefficient (Wildman–Crippen LogP) is 2.70. The topological polar surface area (TPSA) is 13.1 Å². The van der Waals surface area contributed by atoms with Gasteiger partial charge in [-0.2, -0.15) is 0 Å². The zero-order chi connectivity index (χ0) is 19.6. The van der Waals surface area contributed by atoms with E-state index < -0.39 is 7.26 Å². The third-order valence-corrected chi connectivity index (χ3v) is 10.0. The van der Waals surface area contributed by atoms with Crippen molar-refractivity contribution >= 4 is 23.2 Å². The Morgan fingerprint density at radius 3 is 1.28 bits per heavy atom. The first-order valence-corrected chi connectivity index (χ1v) is 11.7. The highest BCUT2D eigenvalue weighted by Crippen LogP contribution is 2.59. The molecule has 29 heavy (non-hydrogen) atoms. The van der Waals surface area contributed by atoms with E-state index in [2.05, 4.69) is 112 Å². The molecule has 0 unspecified atom stereocenters. The molecule has 0 aliphatic heterocycles. The third kappa shape index (κ3) is 3.97. The van der Waals surface area contributed by atoms with Crippen molar-refractivity contribution in [1.29, 1.82) is 0 Å². The highest BCUT2D eigenvalue weighted by Gasteiger charge is 2.46. The fourth-order valence-electron chi connectivity index (χ4n) is 4.08. The smallest absolute Gasteiger partial charge is 0.116 e. The number of hydrogen-bond acceptors (Lipinski definition) is 1. The maximum atomic E-state index is 6.02. The van der Waals surface area contributed by atoms with Crippen molar-refractivity contribution in [3.63, 3.8) is 0 Å². The fourth-order valence-corrected chi connectivity index (χ4v) is 8.50. The van der Waals surface area contributed by atoms with Crippen LogP contribution in [0.15, 0.2) is 95.4 Å². The lowest BCUT2D eigenvalue weighted by Crippen LogP contribution is -3.00. The maximum Gasteiger partial charge on any atom is 0.116 e. The first kappa shape index (κ1) is 21.6. The van der Waals surface area contributed by atoms with Crippen molar-refractivity contribution in [3.05, 3.63) is 114 Å². The van der Waals surface area contributed by atoms with Crippen LogP contribution in [0.5, 0.6) is 0 Å². The van der Waals surface area contributed by atoms with E-state index in [9.17, 15) is 0 Å². The van der Waals surface area contributed by atoms with Crippen molar-refractivity contribution in [2.75, 3.05) is 0 Å². The Kier molecular flexibility index (Phi) is 6.77. The van der Waals surface area contributed by atoms with Crippen molar-refractivity contribution < 1.29 is 21.4 Å². The highest BCUT2D eigenvalue weighted by molar-refractivity contribution is 7.95. The largest absolute Gasteiger partial charge is 1.00 e. The Morgan fingerprint density at radius 1 is 0.586 bits per heavy atom. The summed E-state index contributed by atoms with van der Waals surface area (Å²) in [6.07, 6.45) is 0.972. The molecule has 1 aromatic heterocycles. The molecule has 0 saturated carbocycles. The predicted molar refractivity (Wildman–Crippen MR) is 122 cm³/mol. The minimum absolute atomic E-state index is 0. The molecule has 0 amide bonds. The summed E-state index contributed by atoms with van der Waals surface area (Å²) in [4.78, 5) is 0. The van der Waals surface area contributed by atoms with E-state index in [0.29, 0.717) is 0 Å². The van der Waals surface area contributed by atoms with Gasteiger partial charge < -0.3 is 21.4 Å². The lowest BCUT2D eigenvalue weighted by Gasteiger charge is -2.28. The van der Waals surface area contributed by atoms with Crippen molar-refractivity contribution in [3.8, 4) is 0 Å². The van der Waals surface area contributed by atoms with E-state index in [4.69, 9.17) is 4.42 Å². The third-order valence-electron chi connectivity index (χ3n) is 5.70. The summed E-state index contributed by atoms with van der Waals surface area (Å²) in [5.41, 5.74) is 2.63. The molecule has 0 fully saturated rings. The molecular weight excluding hydrogens is 439 g/mol. The minimum atomic E-state index is -1.88.